The molecule has 1 amide bonds. The molecule has 6 nitrogen and oxygen atoms in total. The number of aliphatic imine (C=N–C) groups is 1. The van der Waals surface area contributed by atoms with Gasteiger partial charge in [0, 0.05) is 44.8 Å². The van der Waals surface area contributed by atoms with E-state index in [1.807, 2.05) is 18.2 Å². The lowest BCUT2D eigenvalue weighted by Gasteiger charge is -2.26. The molecule has 0 bridgehead atoms. The molecule has 0 spiro atoms. The van der Waals surface area contributed by atoms with Gasteiger partial charge in [-0.05, 0) is 37.3 Å². The molecular weight excluding hydrogens is 491 g/mol. The first-order chi connectivity index (χ1) is 14.3. The Morgan fingerprint density at radius 1 is 1.13 bits per heavy atom. The molecule has 3 N–H and O–H groups in total. The van der Waals surface area contributed by atoms with E-state index in [4.69, 9.17) is 4.74 Å². The van der Waals surface area contributed by atoms with Crippen LogP contribution < -0.4 is 16.0 Å². The lowest BCUT2D eigenvalue weighted by Crippen LogP contribution is -2.41. The average molecular weight is 528 g/mol. The molecule has 0 aromatic heterocycles. The number of nitrogens with zero attached hydrogens (tertiary/aromatic N) is 1. The van der Waals surface area contributed by atoms with E-state index in [0.29, 0.717) is 19.1 Å². The minimum atomic E-state index is 0. The van der Waals surface area contributed by atoms with Crippen molar-refractivity contribution in [2.45, 2.75) is 69.8 Å². The van der Waals surface area contributed by atoms with E-state index >= 15 is 0 Å². The van der Waals surface area contributed by atoms with Crippen LogP contribution >= 0.6 is 24.0 Å². The fourth-order valence-corrected chi connectivity index (χ4v) is 4.22. The molecule has 1 fully saturated rings. The van der Waals surface area contributed by atoms with Crippen LogP contribution in [0.2, 0.25) is 0 Å². The molecule has 3 rings (SSSR count). The highest BCUT2D eigenvalue weighted by Gasteiger charge is 2.24. The van der Waals surface area contributed by atoms with Gasteiger partial charge in [0.25, 0.3) is 0 Å². The molecule has 1 aromatic rings. The SMILES string of the molecule is CN=C(NCCCCOC1CCCCCC1)NCC1CC(=O)Nc2ccccc21.I. The number of benzene rings is 1. The van der Waals surface area contributed by atoms with Crippen LogP contribution in [0.1, 0.15) is 69.3 Å². The van der Waals surface area contributed by atoms with Gasteiger partial charge in [0.2, 0.25) is 5.91 Å². The van der Waals surface area contributed by atoms with E-state index in [1.54, 1.807) is 7.05 Å². The van der Waals surface area contributed by atoms with Crippen LogP contribution in [0.25, 0.3) is 0 Å². The lowest BCUT2D eigenvalue weighted by atomic mass is 9.90. The molecule has 7 heteroatoms. The molecule has 1 saturated carbocycles. The summed E-state index contributed by atoms with van der Waals surface area (Å²) in [5, 5.41) is 9.70. The van der Waals surface area contributed by atoms with E-state index < -0.39 is 0 Å². The number of para-hydroxylation sites is 1. The second-order valence-electron chi connectivity index (χ2n) is 8.11. The minimum absolute atomic E-state index is 0. The first kappa shape index (κ1) is 24.9. The Morgan fingerprint density at radius 3 is 2.67 bits per heavy atom. The molecule has 0 saturated heterocycles. The Kier molecular flexibility index (Phi) is 11.5. The fourth-order valence-electron chi connectivity index (χ4n) is 4.22. The summed E-state index contributed by atoms with van der Waals surface area (Å²) in [6.45, 7) is 2.41. The fraction of sp³-hybridized carbons (Fsp3) is 0.652. The van der Waals surface area contributed by atoms with Crippen molar-refractivity contribution in [3.05, 3.63) is 29.8 Å². The molecule has 1 heterocycles. The largest absolute Gasteiger partial charge is 0.378 e. The predicted octanol–water partition coefficient (Wildman–Crippen LogP) is 4.42. The van der Waals surface area contributed by atoms with Crippen LogP contribution in [0, 0.1) is 0 Å². The third-order valence-electron chi connectivity index (χ3n) is 5.87. The van der Waals surface area contributed by atoms with Crippen molar-refractivity contribution in [3.63, 3.8) is 0 Å². The molecule has 0 radical (unpaired) electrons. The van der Waals surface area contributed by atoms with Crippen molar-refractivity contribution in [1.82, 2.24) is 10.6 Å². The van der Waals surface area contributed by atoms with E-state index in [1.165, 1.54) is 44.1 Å². The monoisotopic (exact) mass is 528 g/mol. The standard InChI is InChI=1S/C23H36N4O2.HI/c1-24-23(25-14-8-9-15-29-19-10-4-2-3-5-11-19)26-17-18-16-22(28)27-21-13-7-6-12-20(18)21;/h6-7,12-13,18-19H,2-5,8-11,14-17H2,1H3,(H,27,28)(H2,24,25,26);1H. The van der Waals surface area contributed by atoms with Crippen LogP contribution in [0.3, 0.4) is 0 Å². The van der Waals surface area contributed by atoms with E-state index in [9.17, 15) is 4.79 Å². The first-order valence-corrected chi connectivity index (χ1v) is 11.2. The van der Waals surface area contributed by atoms with Crippen molar-refractivity contribution in [2.24, 2.45) is 4.99 Å². The molecule has 30 heavy (non-hydrogen) atoms. The topological polar surface area (TPSA) is 74.8 Å². The molecule has 1 aliphatic heterocycles. The average Bonchev–Trinajstić information content (AvgIpc) is 3.01. The maximum Gasteiger partial charge on any atom is 0.225 e. The van der Waals surface area contributed by atoms with Crippen molar-refractivity contribution in [1.29, 1.82) is 0 Å². The number of fused-ring (bicyclic) bond motifs is 1. The zero-order chi connectivity index (χ0) is 20.3. The number of rotatable bonds is 8. The molecule has 1 aliphatic carbocycles. The van der Waals surface area contributed by atoms with Crippen LogP contribution in [0.5, 0.6) is 0 Å². The van der Waals surface area contributed by atoms with Crippen molar-refractivity contribution in [2.75, 3.05) is 32.1 Å². The molecule has 1 atom stereocenters. The number of carbonyl (C=O) groups excluding carboxylic acids is 1. The predicted molar refractivity (Wildman–Crippen MR) is 134 cm³/mol. The van der Waals surface area contributed by atoms with Gasteiger partial charge in [-0.2, -0.15) is 0 Å². The molecular formula is C23H37IN4O2. The number of hydrogen-bond acceptors (Lipinski definition) is 3. The first-order valence-electron chi connectivity index (χ1n) is 11.2. The Hall–Kier alpha value is -1.35. The summed E-state index contributed by atoms with van der Waals surface area (Å²) in [5.41, 5.74) is 2.11. The highest BCUT2D eigenvalue weighted by Crippen LogP contribution is 2.31. The third kappa shape index (κ3) is 8.06. The van der Waals surface area contributed by atoms with Gasteiger partial charge in [-0.15, -0.1) is 24.0 Å². The number of amides is 1. The summed E-state index contributed by atoms with van der Waals surface area (Å²) in [6.07, 6.45) is 10.9. The van der Waals surface area contributed by atoms with Gasteiger partial charge in [-0.3, -0.25) is 9.79 Å². The van der Waals surface area contributed by atoms with Crippen molar-refractivity contribution in [3.8, 4) is 0 Å². The van der Waals surface area contributed by atoms with Gasteiger partial charge in [-0.25, -0.2) is 0 Å². The molecule has 168 valence electrons. The molecule has 1 aromatic carbocycles. The highest BCUT2D eigenvalue weighted by atomic mass is 127. The maximum absolute atomic E-state index is 12.0. The van der Waals surface area contributed by atoms with E-state index in [2.05, 4.69) is 27.0 Å². The summed E-state index contributed by atoms with van der Waals surface area (Å²) in [4.78, 5) is 16.3. The van der Waals surface area contributed by atoms with Gasteiger partial charge in [0.05, 0.1) is 6.10 Å². The maximum atomic E-state index is 12.0. The van der Waals surface area contributed by atoms with Crippen LogP contribution in [0.4, 0.5) is 5.69 Å². The second-order valence-corrected chi connectivity index (χ2v) is 8.11. The van der Waals surface area contributed by atoms with Crippen LogP contribution in [-0.2, 0) is 9.53 Å². The van der Waals surface area contributed by atoms with Crippen molar-refractivity contribution < 1.29 is 9.53 Å². The third-order valence-corrected chi connectivity index (χ3v) is 5.87. The molecule has 2 aliphatic rings. The minimum Gasteiger partial charge on any atom is -0.378 e. The summed E-state index contributed by atoms with van der Waals surface area (Å²) in [7, 11) is 1.78. The smallest absolute Gasteiger partial charge is 0.225 e. The Bertz CT molecular complexity index is 675. The summed E-state index contributed by atoms with van der Waals surface area (Å²) >= 11 is 0. The van der Waals surface area contributed by atoms with Gasteiger partial charge < -0.3 is 20.7 Å². The number of ether oxygens (including phenoxy) is 1. The van der Waals surface area contributed by atoms with Crippen molar-refractivity contribution >= 4 is 41.5 Å². The summed E-state index contributed by atoms with van der Waals surface area (Å²) < 4.78 is 6.06. The number of nitrogens with one attached hydrogen (secondary N) is 3. The quantitative estimate of drug-likeness (QED) is 0.154. The van der Waals surface area contributed by atoms with Gasteiger partial charge >= 0.3 is 0 Å². The zero-order valence-corrected chi connectivity index (χ0v) is 20.5. The Labute approximate surface area is 198 Å². The normalized spacial score (nSPS) is 19.8. The Morgan fingerprint density at radius 2 is 1.90 bits per heavy atom. The van der Waals surface area contributed by atoms with Crippen LogP contribution in [-0.4, -0.2) is 44.7 Å². The van der Waals surface area contributed by atoms with E-state index in [0.717, 1.165) is 37.6 Å². The van der Waals surface area contributed by atoms with Gasteiger partial charge in [0.15, 0.2) is 5.96 Å². The lowest BCUT2D eigenvalue weighted by molar-refractivity contribution is -0.116. The van der Waals surface area contributed by atoms with Gasteiger partial charge in [-0.1, -0.05) is 43.9 Å². The number of anilines is 1. The Balaban J connectivity index is 0.00000320. The number of halogens is 1. The summed E-state index contributed by atoms with van der Waals surface area (Å²) in [5.74, 6) is 1.02. The van der Waals surface area contributed by atoms with Crippen LogP contribution in [0.15, 0.2) is 29.3 Å². The highest BCUT2D eigenvalue weighted by molar-refractivity contribution is 14.0. The number of hydrogen-bond donors (Lipinski definition) is 3. The van der Waals surface area contributed by atoms with Gasteiger partial charge in [0.1, 0.15) is 0 Å². The zero-order valence-electron chi connectivity index (χ0n) is 18.1. The number of unbranched alkanes of at least 4 members (excludes halogenated alkanes) is 1. The number of guanidine groups is 1. The number of carbonyl (C=O) groups is 1. The molecule has 1 unspecified atom stereocenters. The summed E-state index contributed by atoms with van der Waals surface area (Å²) in [6, 6.07) is 8.03. The van der Waals surface area contributed by atoms with E-state index in [-0.39, 0.29) is 35.8 Å². The second kappa shape index (κ2) is 13.9.